The molecule has 0 fully saturated rings. The van der Waals surface area contributed by atoms with Crippen molar-refractivity contribution in [3.05, 3.63) is 60.3 Å². The zero-order chi connectivity index (χ0) is 15.7. The monoisotopic (exact) mass is 316 g/mol. The second-order valence-corrected chi connectivity index (χ2v) is 6.54. The maximum atomic E-state index is 11.9. The number of fused-ring (bicyclic) bond motifs is 1. The van der Waals surface area contributed by atoms with Crippen LogP contribution in [0.25, 0.3) is 10.9 Å². The van der Waals surface area contributed by atoms with Gasteiger partial charge in [0.25, 0.3) is 0 Å². The Morgan fingerprint density at radius 1 is 1.09 bits per heavy atom. The van der Waals surface area contributed by atoms with E-state index in [0.717, 1.165) is 11.1 Å². The van der Waals surface area contributed by atoms with Gasteiger partial charge in [0.15, 0.2) is 0 Å². The van der Waals surface area contributed by atoms with E-state index in [0.29, 0.717) is 17.7 Å². The highest BCUT2D eigenvalue weighted by Crippen LogP contribution is 2.33. The second-order valence-electron chi connectivity index (χ2n) is 5.01. The average molecular weight is 316 g/mol. The molecule has 2 N–H and O–H groups in total. The fraction of sp³-hybridized carbons (Fsp3) is 0.125. The molecule has 6 heteroatoms. The van der Waals surface area contributed by atoms with Crippen LogP contribution in [0.1, 0.15) is 5.56 Å². The zero-order valence-electron chi connectivity index (χ0n) is 12.1. The lowest BCUT2D eigenvalue weighted by atomic mass is 10.2. The van der Waals surface area contributed by atoms with Crippen LogP contribution >= 0.6 is 0 Å². The maximum Gasteiger partial charge on any atom is 0.240 e. The number of ether oxygens (including phenoxy) is 1. The minimum Gasteiger partial charge on any atom is -0.496 e. The van der Waals surface area contributed by atoms with Crippen LogP contribution in [0.2, 0.25) is 0 Å². The Kier molecular flexibility index (Phi) is 3.64. The van der Waals surface area contributed by atoms with Gasteiger partial charge in [0.05, 0.1) is 18.0 Å². The summed E-state index contributed by atoms with van der Waals surface area (Å²) < 4.78 is 30.9. The van der Waals surface area contributed by atoms with Crippen LogP contribution in [0.4, 0.5) is 0 Å². The summed E-state index contributed by atoms with van der Waals surface area (Å²) in [6.07, 6.45) is 1.56. The van der Waals surface area contributed by atoms with Crippen molar-refractivity contribution < 1.29 is 13.2 Å². The van der Waals surface area contributed by atoms with Gasteiger partial charge in [0.1, 0.15) is 10.6 Å². The lowest BCUT2D eigenvalue weighted by Gasteiger charge is -2.06. The summed E-state index contributed by atoms with van der Waals surface area (Å²) in [6, 6.07) is 15.2. The molecule has 0 aliphatic carbocycles. The Morgan fingerprint density at radius 3 is 2.45 bits per heavy atom. The van der Waals surface area contributed by atoms with Crippen molar-refractivity contribution in [1.82, 2.24) is 4.57 Å². The minimum absolute atomic E-state index is 0.0795. The molecule has 0 aliphatic heterocycles. The van der Waals surface area contributed by atoms with E-state index in [2.05, 4.69) is 0 Å². The Balaban J connectivity index is 2.24. The van der Waals surface area contributed by atoms with Crippen molar-refractivity contribution >= 4 is 20.9 Å². The van der Waals surface area contributed by atoms with Crippen molar-refractivity contribution in [2.45, 2.75) is 11.4 Å². The van der Waals surface area contributed by atoms with Crippen molar-refractivity contribution in [2.24, 2.45) is 5.14 Å². The van der Waals surface area contributed by atoms with E-state index in [1.165, 1.54) is 7.11 Å². The fourth-order valence-electron chi connectivity index (χ4n) is 2.58. The van der Waals surface area contributed by atoms with E-state index in [1.54, 1.807) is 12.3 Å². The van der Waals surface area contributed by atoms with Gasteiger partial charge in [0, 0.05) is 12.7 Å². The molecule has 3 aromatic rings. The molecule has 0 unspecified atom stereocenters. The molecule has 0 saturated heterocycles. The third kappa shape index (κ3) is 2.58. The smallest absolute Gasteiger partial charge is 0.240 e. The van der Waals surface area contributed by atoms with Crippen LogP contribution in [0, 0.1) is 0 Å². The summed E-state index contributed by atoms with van der Waals surface area (Å²) in [5.41, 5.74) is 1.84. The van der Waals surface area contributed by atoms with Crippen molar-refractivity contribution in [1.29, 1.82) is 0 Å². The molecule has 0 radical (unpaired) electrons. The topological polar surface area (TPSA) is 74.3 Å². The number of nitrogens with two attached hydrogens (primary N) is 1. The SMILES string of the molecule is COc1cccc2c1c(S(N)(=O)=O)cn2Cc1ccccc1. The molecule has 0 aliphatic rings. The van der Waals surface area contributed by atoms with Crippen LogP contribution in [0.3, 0.4) is 0 Å². The van der Waals surface area contributed by atoms with Gasteiger partial charge in [0.2, 0.25) is 10.0 Å². The number of benzene rings is 2. The maximum absolute atomic E-state index is 11.9. The molecule has 0 spiro atoms. The number of sulfonamides is 1. The molecule has 0 atom stereocenters. The molecular formula is C16H16N2O3S. The van der Waals surface area contributed by atoms with Crippen LogP contribution < -0.4 is 9.88 Å². The average Bonchev–Trinajstić information content (AvgIpc) is 2.87. The minimum atomic E-state index is -3.83. The van der Waals surface area contributed by atoms with Crippen LogP contribution in [-0.4, -0.2) is 20.1 Å². The number of rotatable bonds is 4. The normalized spacial score (nSPS) is 11.7. The van der Waals surface area contributed by atoms with E-state index in [1.807, 2.05) is 47.0 Å². The van der Waals surface area contributed by atoms with E-state index >= 15 is 0 Å². The molecular weight excluding hydrogens is 300 g/mol. The second kappa shape index (κ2) is 5.47. The number of primary sulfonamides is 1. The summed E-state index contributed by atoms with van der Waals surface area (Å²) in [4.78, 5) is 0.0795. The summed E-state index contributed by atoms with van der Waals surface area (Å²) in [6.45, 7) is 0.556. The molecule has 22 heavy (non-hydrogen) atoms. The molecule has 114 valence electrons. The van der Waals surface area contributed by atoms with Gasteiger partial charge in [-0.25, -0.2) is 13.6 Å². The Labute approximate surface area is 129 Å². The number of nitrogens with zero attached hydrogens (tertiary/aromatic N) is 1. The lowest BCUT2D eigenvalue weighted by molar-refractivity contribution is 0.419. The van der Waals surface area contributed by atoms with Gasteiger partial charge in [-0.2, -0.15) is 0 Å². The molecule has 0 saturated carbocycles. The van der Waals surface area contributed by atoms with Gasteiger partial charge >= 0.3 is 0 Å². The largest absolute Gasteiger partial charge is 0.496 e. The van der Waals surface area contributed by atoms with Gasteiger partial charge in [-0.1, -0.05) is 36.4 Å². The van der Waals surface area contributed by atoms with Crippen LogP contribution in [0.15, 0.2) is 59.6 Å². The number of aromatic nitrogens is 1. The van der Waals surface area contributed by atoms with E-state index in [-0.39, 0.29) is 4.90 Å². The molecule has 3 rings (SSSR count). The molecule has 0 bridgehead atoms. The molecule has 1 heterocycles. The van der Waals surface area contributed by atoms with E-state index in [9.17, 15) is 8.42 Å². The van der Waals surface area contributed by atoms with Crippen molar-refractivity contribution in [3.8, 4) is 5.75 Å². The first-order chi connectivity index (χ1) is 10.5. The van der Waals surface area contributed by atoms with Crippen molar-refractivity contribution in [3.63, 3.8) is 0 Å². The molecule has 0 amide bonds. The molecule has 2 aromatic carbocycles. The van der Waals surface area contributed by atoms with E-state index in [4.69, 9.17) is 9.88 Å². The predicted molar refractivity (Wildman–Crippen MR) is 85.4 cm³/mol. The molecule has 5 nitrogen and oxygen atoms in total. The fourth-order valence-corrected chi connectivity index (χ4v) is 3.34. The van der Waals surface area contributed by atoms with Gasteiger partial charge in [-0.15, -0.1) is 0 Å². The summed E-state index contributed by atoms with van der Waals surface area (Å²) in [5.74, 6) is 0.494. The van der Waals surface area contributed by atoms with E-state index < -0.39 is 10.0 Å². The summed E-state index contributed by atoms with van der Waals surface area (Å²) in [7, 11) is -2.32. The zero-order valence-corrected chi connectivity index (χ0v) is 12.9. The first kappa shape index (κ1) is 14.6. The van der Waals surface area contributed by atoms with Gasteiger partial charge < -0.3 is 9.30 Å². The summed E-state index contributed by atoms with van der Waals surface area (Å²) >= 11 is 0. The Hall–Kier alpha value is -2.31. The van der Waals surface area contributed by atoms with Crippen LogP contribution in [-0.2, 0) is 16.6 Å². The Bertz CT molecular complexity index is 915. The highest BCUT2D eigenvalue weighted by molar-refractivity contribution is 7.89. The quantitative estimate of drug-likeness (QED) is 0.803. The predicted octanol–water partition coefficient (Wildman–Crippen LogP) is 2.35. The van der Waals surface area contributed by atoms with Crippen molar-refractivity contribution in [2.75, 3.05) is 7.11 Å². The first-order valence-electron chi connectivity index (χ1n) is 6.73. The number of methoxy groups -OCH3 is 1. The van der Waals surface area contributed by atoms with Gasteiger partial charge in [-0.3, -0.25) is 0 Å². The Morgan fingerprint density at radius 2 is 1.82 bits per heavy atom. The number of hydrogen-bond acceptors (Lipinski definition) is 3. The highest BCUT2D eigenvalue weighted by Gasteiger charge is 2.20. The summed E-state index contributed by atoms with van der Waals surface area (Å²) in [5, 5.41) is 5.87. The first-order valence-corrected chi connectivity index (χ1v) is 8.28. The van der Waals surface area contributed by atoms with Crippen LogP contribution in [0.5, 0.6) is 5.75 Å². The lowest BCUT2D eigenvalue weighted by Crippen LogP contribution is -2.11. The third-order valence-corrected chi connectivity index (χ3v) is 4.48. The number of hydrogen-bond donors (Lipinski definition) is 1. The third-order valence-electron chi connectivity index (χ3n) is 3.56. The van der Waals surface area contributed by atoms with Gasteiger partial charge in [-0.05, 0) is 17.7 Å². The standard InChI is InChI=1S/C16H16N2O3S/c1-21-14-9-5-8-13-16(14)15(22(17,19)20)11-18(13)10-12-6-3-2-4-7-12/h2-9,11H,10H2,1H3,(H2,17,19,20). The molecule has 1 aromatic heterocycles. The highest BCUT2D eigenvalue weighted by atomic mass is 32.2.